The Labute approximate surface area is 155 Å². The smallest absolute Gasteiger partial charge is 0.292 e. The molecule has 0 bridgehead atoms. The summed E-state index contributed by atoms with van der Waals surface area (Å²) in [6, 6.07) is 17.6. The molecular formula is C20H17N5O2. The zero-order chi connectivity index (χ0) is 18.8. The number of fused-ring (bicyclic) bond motifs is 1. The Balaban J connectivity index is 1.57. The SMILES string of the molecule is CC1N=C(C(=O)Nc2ccc3ncccc3c2)NN(c2ccccc2)C1=O. The first-order chi connectivity index (χ1) is 13.1. The van der Waals surface area contributed by atoms with Crippen LogP contribution in [0.25, 0.3) is 10.9 Å². The lowest BCUT2D eigenvalue weighted by molar-refractivity contribution is -0.120. The Morgan fingerprint density at radius 3 is 2.74 bits per heavy atom. The van der Waals surface area contributed by atoms with Crippen LogP contribution in [0.3, 0.4) is 0 Å². The van der Waals surface area contributed by atoms with E-state index >= 15 is 0 Å². The molecule has 1 aromatic heterocycles. The van der Waals surface area contributed by atoms with E-state index in [2.05, 4.69) is 20.7 Å². The minimum atomic E-state index is -0.659. The molecule has 7 nitrogen and oxygen atoms in total. The number of amidine groups is 1. The van der Waals surface area contributed by atoms with E-state index < -0.39 is 11.9 Å². The summed E-state index contributed by atoms with van der Waals surface area (Å²) in [5.74, 6) is -0.565. The van der Waals surface area contributed by atoms with Gasteiger partial charge in [0.2, 0.25) is 5.84 Å². The standard InChI is InChI=1S/C20H17N5O2/c1-13-20(27)25(16-7-3-2-4-8-16)24-18(22-13)19(26)23-15-9-10-17-14(12-15)6-5-11-21-17/h2-13H,1H3,(H,22,24)(H,23,26). The minimum absolute atomic E-state index is 0.0808. The number of rotatable bonds is 3. The number of anilines is 2. The summed E-state index contributed by atoms with van der Waals surface area (Å²) in [5, 5.41) is 5.08. The Morgan fingerprint density at radius 1 is 1.11 bits per heavy atom. The number of amides is 2. The van der Waals surface area contributed by atoms with Crippen molar-refractivity contribution in [3.8, 4) is 0 Å². The summed E-state index contributed by atoms with van der Waals surface area (Å²) < 4.78 is 0. The summed E-state index contributed by atoms with van der Waals surface area (Å²) in [4.78, 5) is 33.5. The monoisotopic (exact) mass is 359 g/mol. The predicted octanol–water partition coefficient (Wildman–Crippen LogP) is 2.51. The maximum Gasteiger partial charge on any atom is 0.292 e. The van der Waals surface area contributed by atoms with Crippen LogP contribution in [0, 0.1) is 0 Å². The molecule has 1 aliphatic heterocycles. The van der Waals surface area contributed by atoms with Gasteiger partial charge >= 0.3 is 0 Å². The van der Waals surface area contributed by atoms with Crippen molar-refractivity contribution in [2.75, 3.05) is 10.3 Å². The topological polar surface area (TPSA) is 86.7 Å². The highest BCUT2D eigenvalue weighted by atomic mass is 16.2. The lowest BCUT2D eigenvalue weighted by atomic mass is 10.2. The van der Waals surface area contributed by atoms with Crippen LogP contribution in [0.1, 0.15) is 6.92 Å². The molecule has 0 fully saturated rings. The van der Waals surface area contributed by atoms with Gasteiger partial charge in [0.15, 0.2) is 0 Å². The van der Waals surface area contributed by atoms with Crippen LogP contribution in [0.4, 0.5) is 11.4 Å². The van der Waals surface area contributed by atoms with Crippen molar-refractivity contribution in [1.29, 1.82) is 0 Å². The molecule has 0 radical (unpaired) electrons. The molecular weight excluding hydrogens is 342 g/mol. The van der Waals surface area contributed by atoms with Gasteiger partial charge in [0.05, 0.1) is 11.2 Å². The molecule has 1 unspecified atom stereocenters. The second kappa shape index (κ2) is 6.87. The van der Waals surface area contributed by atoms with E-state index in [9.17, 15) is 9.59 Å². The Bertz CT molecular complexity index is 1050. The predicted molar refractivity (Wildman–Crippen MR) is 104 cm³/mol. The van der Waals surface area contributed by atoms with Crippen molar-refractivity contribution in [2.45, 2.75) is 13.0 Å². The average Bonchev–Trinajstić information content (AvgIpc) is 2.70. The number of hydrogen-bond acceptors (Lipinski definition) is 5. The molecule has 7 heteroatoms. The summed E-state index contributed by atoms with van der Waals surface area (Å²) >= 11 is 0. The number of para-hydroxylation sites is 1. The molecule has 1 aliphatic rings. The number of aromatic nitrogens is 1. The van der Waals surface area contributed by atoms with Gasteiger partial charge in [0.1, 0.15) is 6.04 Å². The fourth-order valence-electron chi connectivity index (χ4n) is 2.85. The second-order valence-electron chi connectivity index (χ2n) is 6.14. The first-order valence-electron chi connectivity index (χ1n) is 8.51. The third-order valence-corrected chi connectivity index (χ3v) is 4.21. The number of hydrogen-bond donors (Lipinski definition) is 2. The maximum absolute atomic E-state index is 12.7. The summed E-state index contributed by atoms with van der Waals surface area (Å²) in [6.07, 6.45) is 1.72. The Kier molecular flexibility index (Phi) is 4.25. The van der Waals surface area contributed by atoms with Gasteiger partial charge in [-0.15, -0.1) is 0 Å². The van der Waals surface area contributed by atoms with Crippen LogP contribution < -0.4 is 15.8 Å². The molecule has 2 heterocycles. The van der Waals surface area contributed by atoms with Crippen LogP contribution in [-0.2, 0) is 9.59 Å². The molecule has 0 aliphatic carbocycles. The number of nitrogens with zero attached hydrogens (tertiary/aromatic N) is 3. The van der Waals surface area contributed by atoms with Gasteiger partial charge in [-0.25, -0.2) is 10.0 Å². The van der Waals surface area contributed by atoms with Gasteiger partial charge in [0.25, 0.3) is 11.8 Å². The fraction of sp³-hybridized carbons (Fsp3) is 0.100. The summed E-state index contributed by atoms with van der Waals surface area (Å²) in [6.45, 7) is 1.66. The van der Waals surface area contributed by atoms with Gasteiger partial charge in [-0.1, -0.05) is 24.3 Å². The largest absolute Gasteiger partial charge is 0.319 e. The maximum atomic E-state index is 12.7. The zero-order valence-corrected chi connectivity index (χ0v) is 14.6. The van der Waals surface area contributed by atoms with Crippen LogP contribution in [0.15, 0.2) is 71.9 Å². The minimum Gasteiger partial charge on any atom is -0.319 e. The van der Waals surface area contributed by atoms with Crippen molar-refractivity contribution in [2.24, 2.45) is 4.99 Å². The number of carbonyl (C=O) groups is 2. The molecule has 1 atom stereocenters. The van der Waals surface area contributed by atoms with E-state index in [0.29, 0.717) is 11.4 Å². The van der Waals surface area contributed by atoms with E-state index in [0.717, 1.165) is 10.9 Å². The third kappa shape index (κ3) is 3.35. The van der Waals surface area contributed by atoms with Crippen molar-refractivity contribution >= 4 is 39.9 Å². The van der Waals surface area contributed by atoms with Crippen LogP contribution >= 0.6 is 0 Å². The highest BCUT2D eigenvalue weighted by Crippen LogP contribution is 2.18. The van der Waals surface area contributed by atoms with Gasteiger partial charge in [-0.2, -0.15) is 0 Å². The molecule has 27 heavy (non-hydrogen) atoms. The normalized spacial score (nSPS) is 16.6. The molecule has 134 valence electrons. The molecule has 2 aromatic carbocycles. The average molecular weight is 359 g/mol. The van der Waals surface area contributed by atoms with E-state index in [1.54, 1.807) is 31.3 Å². The highest BCUT2D eigenvalue weighted by molar-refractivity contribution is 6.43. The first kappa shape index (κ1) is 16.7. The molecule has 0 spiro atoms. The molecule has 2 N–H and O–H groups in total. The fourth-order valence-corrected chi connectivity index (χ4v) is 2.85. The van der Waals surface area contributed by atoms with Gasteiger partial charge < -0.3 is 5.32 Å². The molecule has 4 rings (SSSR count). The Hall–Kier alpha value is -3.74. The second-order valence-corrected chi connectivity index (χ2v) is 6.14. The quantitative estimate of drug-likeness (QED) is 0.752. The zero-order valence-electron chi connectivity index (χ0n) is 14.6. The van der Waals surface area contributed by atoms with Crippen molar-refractivity contribution in [1.82, 2.24) is 10.4 Å². The number of nitrogens with one attached hydrogen (secondary N) is 2. The number of benzene rings is 2. The van der Waals surface area contributed by atoms with E-state index in [1.165, 1.54) is 5.01 Å². The van der Waals surface area contributed by atoms with Crippen molar-refractivity contribution in [3.63, 3.8) is 0 Å². The number of carbonyl (C=O) groups excluding carboxylic acids is 2. The van der Waals surface area contributed by atoms with E-state index in [4.69, 9.17) is 0 Å². The van der Waals surface area contributed by atoms with Crippen LogP contribution in [-0.4, -0.2) is 28.7 Å². The molecule has 0 saturated heterocycles. The number of hydrazine groups is 1. The molecule has 3 aromatic rings. The molecule has 0 saturated carbocycles. The van der Waals surface area contributed by atoms with Crippen LogP contribution in [0.2, 0.25) is 0 Å². The summed E-state index contributed by atoms with van der Waals surface area (Å²) in [7, 11) is 0. The Morgan fingerprint density at radius 2 is 1.93 bits per heavy atom. The van der Waals surface area contributed by atoms with E-state index in [-0.39, 0.29) is 11.7 Å². The van der Waals surface area contributed by atoms with Gasteiger partial charge in [-0.3, -0.25) is 20.0 Å². The van der Waals surface area contributed by atoms with E-state index in [1.807, 2.05) is 42.5 Å². The summed E-state index contributed by atoms with van der Waals surface area (Å²) in [5.41, 5.74) is 4.93. The first-order valence-corrected chi connectivity index (χ1v) is 8.51. The number of aliphatic imine (C=N–C) groups is 1. The highest BCUT2D eigenvalue weighted by Gasteiger charge is 2.30. The van der Waals surface area contributed by atoms with Crippen molar-refractivity contribution < 1.29 is 9.59 Å². The lowest BCUT2D eigenvalue weighted by Gasteiger charge is -2.30. The van der Waals surface area contributed by atoms with Gasteiger partial charge in [0, 0.05) is 17.3 Å². The van der Waals surface area contributed by atoms with Crippen LogP contribution in [0.5, 0.6) is 0 Å². The lowest BCUT2D eigenvalue weighted by Crippen LogP contribution is -2.57. The van der Waals surface area contributed by atoms with Gasteiger partial charge in [-0.05, 0) is 43.3 Å². The molecule has 2 amide bonds. The third-order valence-electron chi connectivity index (χ3n) is 4.21. The van der Waals surface area contributed by atoms with Crippen molar-refractivity contribution in [3.05, 3.63) is 66.9 Å². The number of pyridine rings is 1.